The lowest BCUT2D eigenvalue weighted by molar-refractivity contribution is 0.0946. The second kappa shape index (κ2) is 6.16. The van der Waals surface area contributed by atoms with Crippen LogP contribution in [0.25, 0.3) is 0 Å². The summed E-state index contributed by atoms with van der Waals surface area (Å²) in [4.78, 5) is 12.3. The van der Waals surface area contributed by atoms with Gasteiger partial charge in [-0.3, -0.25) is 4.79 Å². The molecule has 0 aliphatic heterocycles. The Bertz CT molecular complexity index is 613. The van der Waals surface area contributed by atoms with Crippen molar-refractivity contribution in [1.29, 1.82) is 5.26 Å². The van der Waals surface area contributed by atoms with Crippen LogP contribution in [0.15, 0.2) is 60.7 Å². The number of carbonyl (C=O) groups excluding carboxylic acids is 1. The first-order valence-corrected chi connectivity index (χ1v) is 6.66. The molecule has 0 aromatic heterocycles. The van der Waals surface area contributed by atoms with Crippen LogP contribution in [-0.4, -0.2) is 5.78 Å². The summed E-state index contributed by atoms with van der Waals surface area (Å²) in [6.07, 6.45) is 0.825. The predicted octanol–water partition coefficient (Wildman–Crippen LogP) is 4.03. The largest absolute Gasteiger partial charge is 0.294 e. The number of Topliss-reactive ketones (excluding diaryl/α,β-unsaturated/α-hetero) is 1. The van der Waals surface area contributed by atoms with Crippen molar-refractivity contribution in [2.24, 2.45) is 5.41 Å². The Labute approximate surface area is 119 Å². The number of ketones is 1. The summed E-state index contributed by atoms with van der Waals surface area (Å²) in [6, 6.07) is 21.3. The van der Waals surface area contributed by atoms with Gasteiger partial charge in [-0.1, -0.05) is 60.7 Å². The second-order valence-electron chi connectivity index (χ2n) is 5.30. The van der Waals surface area contributed by atoms with Crippen LogP contribution in [0.3, 0.4) is 0 Å². The van der Waals surface area contributed by atoms with E-state index in [4.69, 9.17) is 0 Å². The van der Waals surface area contributed by atoms with Crippen LogP contribution < -0.4 is 0 Å². The average molecular weight is 263 g/mol. The molecule has 0 saturated carbocycles. The van der Waals surface area contributed by atoms with Gasteiger partial charge in [0.15, 0.2) is 5.78 Å². The van der Waals surface area contributed by atoms with Gasteiger partial charge >= 0.3 is 0 Å². The minimum Gasteiger partial charge on any atom is -0.294 e. The van der Waals surface area contributed by atoms with E-state index in [9.17, 15) is 10.1 Å². The van der Waals surface area contributed by atoms with Gasteiger partial charge in [-0.15, -0.1) is 0 Å². The van der Waals surface area contributed by atoms with Crippen LogP contribution in [0.1, 0.15) is 29.3 Å². The third kappa shape index (κ3) is 3.55. The summed E-state index contributed by atoms with van der Waals surface area (Å²) in [5.41, 5.74) is 1.08. The first kappa shape index (κ1) is 14.0. The average Bonchev–Trinajstić information content (AvgIpc) is 2.49. The fraction of sp³-hybridized carbons (Fsp3) is 0.222. The molecular weight excluding hydrogens is 246 g/mol. The molecule has 0 saturated heterocycles. The number of hydrogen-bond acceptors (Lipinski definition) is 2. The number of rotatable bonds is 5. The zero-order valence-electron chi connectivity index (χ0n) is 11.5. The van der Waals surface area contributed by atoms with Gasteiger partial charge in [0.05, 0.1) is 11.5 Å². The lowest BCUT2D eigenvalue weighted by Crippen LogP contribution is -2.22. The van der Waals surface area contributed by atoms with Gasteiger partial charge in [0.1, 0.15) is 0 Å². The molecule has 1 unspecified atom stereocenters. The molecule has 0 aliphatic rings. The molecule has 2 aromatic carbocycles. The topological polar surface area (TPSA) is 40.9 Å². The van der Waals surface area contributed by atoms with Crippen LogP contribution in [0, 0.1) is 16.7 Å². The molecule has 2 heteroatoms. The van der Waals surface area contributed by atoms with Gasteiger partial charge in [0.2, 0.25) is 0 Å². The zero-order chi connectivity index (χ0) is 14.4. The third-order valence-electron chi connectivity index (χ3n) is 3.35. The highest BCUT2D eigenvalue weighted by Crippen LogP contribution is 2.27. The van der Waals surface area contributed by atoms with Gasteiger partial charge in [-0.2, -0.15) is 5.26 Å². The number of nitriles is 1. The Morgan fingerprint density at radius 1 is 1.05 bits per heavy atom. The molecule has 20 heavy (non-hydrogen) atoms. The van der Waals surface area contributed by atoms with Crippen molar-refractivity contribution >= 4 is 5.78 Å². The van der Waals surface area contributed by atoms with Crippen LogP contribution in [0.4, 0.5) is 0 Å². The molecule has 2 nitrogen and oxygen atoms in total. The highest BCUT2D eigenvalue weighted by molar-refractivity contribution is 5.96. The van der Waals surface area contributed by atoms with E-state index in [0.717, 1.165) is 5.56 Å². The summed E-state index contributed by atoms with van der Waals surface area (Å²) >= 11 is 0. The van der Waals surface area contributed by atoms with Crippen molar-refractivity contribution < 1.29 is 4.79 Å². The van der Waals surface area contributed by atoms with Crippen LogP contribution >= 0.6 is 0 Å². The molecule has 0 N–H and O–H groups in total. The van der Waals surface area contributed by atoms with Crippen molar-refractivity contribution in [1.82, 2.24) is 0 Å². The number of carbonyl (C=O) groups is 1. The summed E-state index contributed by atoms with van der Waals surface area (Å²) in [6.45, 7) is 1.85. The van der Waals surface area contributed by atoms with Gasteiger partial charge in [-0.25, -0.2) is 0 Å². The zero-order valence-corrected chi connectivity index (χ0v) is 11.5. The van der Waals surface area contributed by atoms with E-state index >= 15 is 0 Å². The maximum atomic E-state index is 12.3. The third-order valence-corrected chi connectivity index (χ3v) is 3.35. The monoisotopic (exact) mass is 263 g/mol. The fourth-order valence-corrected chi connectivity index (χ4v) is 2.27. The fourth-order valence-electron chi connectivity index (χ4n) is 2.27. The Morgan fingerprint density at radius 2 is 1.60 bits per heavy atom. The smallest absolute Gasteiger partial charge is 0.164 e. The normalized spacial score (nSPS) is 13.2. The number of nitrogens with zero attached hydrogens (tertiary/aromatic N) is 1. The molecular formula is C18H17NO. The van der Waals surface area contributed by atoms with E-state index in [1.165, 1.54) is 0 Å². The second-order valence-corrected chi connectivity index (χ2v) is 5.30. The summed E-state index contributed by atoms with van der Waals surface area (Å²) < 4.78 is 0. The molecule has 0 amide bonds. The Kier molecular flexibility index (Phi) is 4.32. The quantitative estimate of drug-likeness (QED) is 0.764. The van der Waals surface area contributed by atoms with Crippen molar-refractivity contribution in [3.05, 3.63) is 71.8 Å². The number of hydrogen-bond donors (Lipinski definition) is 0. The Morgan fingerprint density at radius 3 is 2.15 bits per heavy atom. The van der Waals surface area contributed by atoms with Crippen molar-refractivity contribution in [3.63, 3.8) is 0 Å². The summed E-state index contributed by atoms with van der Waals surface area (Å²) in [7, 11) is 0. The van der Waals surface area contributed by atoms with E-state index < -0.39 is 5.41 Å². The first-order valence-electron chi connectivity index (χ1n) is 6.66. The minimum atomic E-state index is -0.672. The molecule has 0 radical (unpaired) electrons. The first-order chi connectivity index (χ1) is 9.63. The molecule has 100 valence electrons. The van der Waals surface area contributed by atoms with Gasteiger partial charge in [0, 0.05) is 12.0 Å². The summed E-state index contributed by atoms with van der Waals surface area (Å²) in [5.74, 6) is 0.0191. The lowest BCUT2D eigenvalue weighted by Gasteiger charge is -2.20. The maximum absolute atomic E-state index is 12.3. The Hall–Kier alpha value is -2.40. The molecule has 2 aromatic rings. The van der Waals surface area contributed by atoms with Crippen LogP contribution in [0.5, 0.6) is 0 Å². The molecule has 0 heterocycles. The Balaban J connectivity index is 2.12. The molecule has 1 atom stereocenters. The van der Waals surface area contributed by atoms with E-state index in [1.807, 2.05) is 55.5 Å². The maximum Gasteiger partial charge on any atom is 0.164 e. The molecule has 0 aliphatic carbocycles. The highest BCUT2D eigenvalue weighted by atomic mass is 16.1. The highest BCUT2D eigenvalue weighted by Gasteiger charge is 2.28. The van der Waals surface area contributed by atoms with Crippen molar-refractivity contribution in [3.8, 4) is 6.07 Å². The van der Waals surface area contributed by atoms with Crippen LogP contribution in [-0.2, 0) is 6.42 Å². The number of benzene rings is 2. The predicted molar refractivity (Wildman–Crippen MR) is 79.3 cm³/mol. The van der Waals surface area contributed by atoms with Crippen molar-refractivity contribution in [2.75, 3.05) is 0 Å². The lowest BCUT2D eigenvalue weighted by atomic mass is 9.79. The van der Waals surface area contributed by atoms with Gasteiger partial charge in [0.25, 0.3) is 0 Å². The molecule has 0 spiro atoms. The van der Waals surface area contributed by atoms with Gasteiger partial charge < -0.3 is 0 Å². The molecule has 0 fully saturated rings. The van der Waals surface area contributed by atoms with Gasteiger partial charge in [-0.05, 0) is 18.9 Å². The van der Waals surface area contributed by atoms with Crippen molar-refractivity contribution in [2.45, 2.75) is 19.8 Å². The SMILES string of the molecule is CC(C#N)(CC(=O)c1ccccc1)Cc1ccccc1. The van der Waals surface area contributed by atoms with E-state index in [0.29, 0.717) is 12.0 Å². The molecule has 2 rings (SSSR count). The van der Waals surface area contributed by atoms with Crippen LogP contribution in [0.2, 0.25) is 0 Å². The molecule has 0 bridgehead atoms. The summed E-state index contributed by atoms with van der Waals surface area (Å²) in [5, 5.41) is 9.44. The van der Waals surface area contributed by atoms with E-state index in [2.05, 4.69) is 6.07 Å². The van der Waals surface area contributed by atoms with E-state index in [-0.39, 0.29) is 12.2 Å². The minimum absolute atomic E-state index is 0.0191. The van der Waals surface area contributed by atoms with E-state index in [1.54, 1.807) is 12.1 Å². The standard InChI is InChI=1S/C18H17NO/c1-18(14-19,12-15-8-4-2-5-9-15)13-17(20)16-10-6-3-7-11-16/h2-11H,12-13H2,1H3.